The minimum Gasteiger partial charge on any atom is -0.463 e. The second-order valence-corrected chi connectivity index (χ2v) is 2.40. The van der Waals surface area contributed by atoms with Gasteiger partial charge in [0.15, 0.2) is 0 Å². The monoisotopic (exact) mass is 147 g/mol. The zero-order valence-corrected chi connectivity index (χ0v) is 6.53. The van der Waals surface area contributed by atoms with E-state index in [-0.39, 0.29) is 12.1 Å². The zero-order valence-electron chi connectivity index (χ0n) is 5.72. The van der Waals surface area contributed by atoms with Crippen molar-refractivity contribution >= 4 is 18.6 Å². The molecule has 0 fully saturated rings. The van der Waals surface area contributed by atoms with E-state index < -0.39 is 0 Å². The van der Waals surface area contributed by atoms with E-state index in [0.717, 1.165) is 0 Å². The molecule has 0 aliphatic carbocycles. The first-order valence-corrected chi connectivity index (χ1v) is 3.52. The fraction of sp³-hybridized carbons (Fsp3) is 0.833. The van der Waals surface area contributed by atoms with Crippen molar-refractivity contribution in [3.05, 3.63) is 0 Å². The van der Waals surface area contributed by atoms with Gasteiger partial charge in [-0.3, -0.25) is 4.79 Å². The quantitative estimate of drug-likeness (QED) is 0.566. The van der Waals surface area contributed by atoms with E-state index >= 15 is 0 Å². The van der Waals surface area contributed by atoms with Crippen LogP contribution < -0.4 is 0 Å². The van der Waals surface area contributed by atoms with Gasteiger partial charge in [-0.05, 0) is 13.8 Å². The van der Waals surface area contributed by atoms with Crippen molar-refractivity contribution in [2.45, 2.75) is 26.4 Å². The molecule has 0 amide bonds. The van der Waals surface area contributed by atoms with E-state index in [0.29, 0.717) is 12.2 Å². The van der Waals surface area contributed by atoms with Crippen molar-refractivity contribution in [2.75, 3.05) is 5.75 Å². The lowest BCUT2D eigenvalue weighted by molar-refractivity contribution is -0.146. The Balaban J connectivity index is 3.27. The van der Waals surface area contributed by atoms with Gasteiger partial charge in [-0.2, -0.15) is 0 Å². The molecule has 1 radical (unpaired) electrons. The highest BCUT2D eigenvalue weighted by molar-refractivity contribution is 7.80. The van der Waals surface area contributed by atoms with Gasteiger partial charge in [0.1, 0.15) is 0 Å². The number of hydrogen-bond donors (Lipinski definition) is 0. The van der Waals surface area contributed by atoms with Gasteiger partial charge in [-0.25, -0.2) is 0 Å². The lowest BCUT2D eigenvalue weighted by atomic mass is 10.4. The molecule has 0 aliphatic heterocycles. The predicted octanol–water partition coefficient (Wildman–Crippen LogP) is 1.53. The second-order valence-electron chi connectivity index (χ2n) is 1.99. The molecule has 9 heavy (non-hydrogen) atoms. The lowest BCUT2D eigenvalue weighted by Gasteiger charge is -2.05. The average molecular weight is 147 g/mol. The van der Waals surface area contributed by atoms with Crippen LogP contribution >= 0.6 is 12.6 Å². The highest BCUT2D eigenvalue weighted by Crippen LogP contribution is 1.93. The number of rotatable bonds is 3. The van der Waals surface area contributed by atoms with Gasteiger partial charge >= 0.3 is 5.97 Å². The summed E-state index contributed by atoms with van der Waals surface area (Å²) in [7, 11) is 0. The maximum Gasteiger partial charge on any atom is 0.306 e. The van der Waals surface area contributed by atoms with Crippen LogP contribution in [0.1, 0.15) is 20.3 Å². The molecular formula is C6H11O2S. The summed E-state index contributed by atoms with van der Waals surface area (Å²) in [6.07, 6.45) is 0.340. The van der Waals surface area contributed by atoms with Gasteiger partial charge in [0.2, 0.25) is 0 Å². The molecule has 0 aromatic rings. The third-order valence-corrected chi connectivity index (χ3v) is 0.877. The largest absolute Gasteiger partial charge is 0.463 e. The Hall–Kier alpha value is -0.180. The third-order valence-electron chi connectivity index (χ3n) is 0.673. The summed E-state index contributed by atoms with van der Waals surface area (Å²) in [5, 5.41) is 0. The zero-order chi connectivity index (χ0) is 7.28. The van der Waals surface area contributed by atoms with Gasteiger partial charge in [0.25, 0.3) is 0 Å². The summed E-state index contributed by atoms with van der Waals surface area (Å²) in [6.45, 7) is 3.64. The molecular weight excluding hydrogens is 136 g/mol. The predicted molar refractivity (Wildman–Crippen MR) is 38.3 cm³/mol. The lowest BCUT2D eigenvalue weighted by Crippen LogP contribution is -2.11. The molecule has 53 valence electrons. The van der Waals surface area contributed by atoms with Gasteiger partial charge in [-0.15, -0.1) is 0 Å². The van der Waals surface area contributed by atoms with Gasteiger partial charge in [0, 0.05) is 5.75 Å². The van der Waals surface area contributed by atoms with Crippen LogP contribution in [0.2, 0.25) is 0 Å². The van der Waals surface area contributed by atoms with Crippen molar-refractivity contribution in [1.29, 1.82) is 0 Å². The van der Waals surface area contributed by atoms with Crippen LogP contribution in [0.3, 0.4) is 0 Å². The Labute approximate surface area is 61.0 Å². The molecule has 0 bridgehead atoms. The summed E-state index contributed by atoms with van der Waals surface area (Å²) < 4.78 is 4.78. The first kappa shape index (κ1) is 8.82. The van der Waals surface area contributed by atoms with Crippen molar-refractivity contribution in [3.8, 4) is 0 Å². The van der Waals surface area contributed by atoms with E-state index in [2.05, 4.69) is 12.6 Å². The van der Waals surface area contributed by atoms with Gasteiger partial charge < -0.3 is 4.74 Å². The maximum atomic E-state index is 10.6. The van der Waals surface area contributed by atoms with E-state index in [4.69, 9.17) is 4.74 Å². The molecule has 2 nitrogen and oxygen atoms in total. The summed E-state index contributed by atoms with van der Waals surface area (Å²) in [5.74, 6) is 0.256. The fourth-order valence-corrected chi connectivity index (χ4v) is 0.572. The van der Waals surface area contributed by atoms with E-state index in [9.17, 15) is 4.79 Å². The smallest absolute Gasteiger partial charge is 0.306 e. The Bertz CT molecular complexity index is 91.1. The minimum atomic E-state index is -0.194. The van der Waals surface area contributed by atoms with Crippen LogP contribution in [-0.4, -0.2) is 17.8 Å². The molecule has 0 saturated carbocycles. The van der Waals surface area contributed by atoms with Crippen molar-refractivity contribution in [3.63, 3.8) is 0 Å². The second kappa shape index (κ2) is 4.68. The summed E-state index contributed by atoms with van der Waals surface area (Å²) in [5.41, 5.74) is 0. The molecule has 0 heterocycles. The first-order chi connectivity index (χ1) is 4.16. The Morgan fingerprint density at radius 1 is 1.67 bits per heavy atom. The topological polar surface area (TPSA) is 26.3 Å². The standard InChI is InChI=1S/C6H11O2S/c1-5(2)8-6(7)3-4-9/h5H,3-4H2,1-2H3. The molecule has 0 saturated heterocycles. The van der Waals surface area contributed by atoms with Crippen molar-refractivity contribution < 1.29 is 9.53 Å². The Morgan fingerprint density at radius 2 is 2.22 bits per heavy atom. The normalized spacial score (nSPS) is 9.78. The number of esters is 1. The molecule has 0 N–H and O–H groups in total. The average Bonchev–Trinajstić information content (AvgIpc) is 1.63. The van der Waals surface area contributed by atoms with E-state index in [1.54, 1.807) is 0 Å². The van der Waals surface area contributed by atoms with Crippen LogP contribution in [0.5, 0.6) is 0 Å². The Morgan fingerprint density at radius 3 is 2.56 bits per heavy atom. The number of ether oxygens (including phenoxy) is 1. The molecule has 0 aromatic carbocycles. The highest BCUT2D eigenvalue weighted by atomic mass is 32.1. The summed E-state index contributed by atoms with van der Waals surface area (Å²) in [4.78, 5) is 10.6. The number of carbonyl (C=O) groups excluding carboxylic acids is 1. The SMILES string of the molecule is CC(C)OC(=O)CC[S]. The molecule has 0 spiro atoms. The van der Waals surface area contributed by atoms with E-state index in [1.165, 1.54) is 0 Å². The first-order valence-electron chi connectivity index (χ1n) is 2.94. The van der Waals surface area contributed by atoms with Crippen LogP contribution in [0.4, 0.5) is 0 Å². The van der Waals surface area contributed by atoms with Crippen LogP contribution in [0.15, 0.2) is 0 Å². The molecule has 0 aromatic heterocycles. The third kappa shape index (κ3) is 5.69. The van der Waals surface area contributed by atoms with Gasteiger partial charge in [0.05, 0.1) is 12.5 Å². The van der Waals surface area contributed by atoms with Crippen LogP contribution in [0.25, 0.3) is 0 Å². The fourth-order valence-electron chi connectivity index (χ4n) is 0.405. The van der Waals surface area contributed by atoms with Crippen molar-refractivity contribution in [2.24, 2.45) is 0 Å². The molecule has 0 unspecified atom stereocenters. The molecule has 0 atom stereocenters. The van der Waals surface area contributed by atoms with Crippen LogP contribution in [-0.2, 0) is 9.53 Å². The number of hydrogen-bond acceptors (Lipinski definition) is 2. The molecule has 0 rings (SSSR count). The highest BCUT2D eigenvalue weighted by Gasteiger charge is 2.02. The summed E-state index contributed by atoms with van der Waals surface area (Å²) >= 11 is 4.58. The maximum absolute atomic E-state index is 10.6. The minimum absolute atomic E-state index is 0.0148. The Kier molecular flexibility index (Phi) is 4.58. The van der Waals surface area contributed by atoms with Gasteiger partial charge in [-0.1, -0.05) is 12.6 Å². The van der Waals surface area contributed by atoms with Crippen molar-refractivity contribution in [1.82, 2.24) is 0 Å². The summed E-state index contributed by atoms with van der Waals surface area (Å²) in [6, 6.07) is 0. The van der Waals surface area contributed by atoms with Crippen LogP contribution in [0, 0.1) is 0 Å². The molecule has 3 heteroatoms. The number of carbonyl (C=O) groups is 1. The van der Waals surface area contributed by atoms with E-state index in [1.807, 2.05) is 13.8 Å². The molecule has 0 aliphatic rings.